The smallest absolute Gasteiger partial charge is 0.241 e. The van der Waals surface area contributed by atoms with Crippen LogP contribution >= 0.6 is 27.3 Å². The molecule has 1 atom stereocenters. The summed E-state index contributed by atoms with van der Waals surface area (Å²) < 4.78 is 1.08. The number of rotatable bonds is 5. The van der Waals surface area contributed by atoms with Crippen LogP contribution < -0.4 is 5.32 Å². The number of para-hydroxylation sites is 1. The van der Waals surface area contributed by atoms with Crippen LogP contribution in [-0.4, -0.2) is 23.9 Å². The van der Waals surface area contributed by atoms with Crippen LogP contribution in [0, 0.1) is 11.3 Å². The number of halogens is 1. The molecule has 1 amide bonds. The molecule has 0 spiro atoms. The molecule has 1 heterocycles. The number of anilines is 1. The second-order valence-electron chi connectivity index (χ2n) is 4.94. The number of carbonyl (C=O) groups is 1. The monoisotopic (exact) mass is 377 g/mol. The van der Waals surface area contributed by atoms with Crippen LogP contribution in [-0.2, 0) is 11.3 Å². The highest BCUT2D eigenvalue weighted by molar-refractivity contribution is 9.11. The fourth-order valence-electron chi connectivity index (χ4n) is 1.95. The number of hydrogen-bond donors (Lipinski definition) is 1. The molecular weight excluding hydrogens is 362 g/mol. The van der Waals surface area contributed by atoms with E-state index in [1.54, 1.807) is 35.6 Å². The first-order valence-electron chi connectivity index (χ1n) is 6.75. The van der Waals surface area contributed by atoms with Gasteiger partial charge >= 0.3 is 0 Å². The third kappa shape index (κ3) is 4.17. The van der Waals surface area contributed by atoms with Crippen LogP contribution in [0.3, 0.4) is 0 Å². The van der Waals surface area contributed by atoms with E-state index in [1.807, 2.05) is 31.0 Å². The SMILES string of the molecule is C[C@H](C(=O)Nc1ccccc1C#N)N(C)Cc1ccc(Br)s1. The molecule has 4 nitrogen and oxygen atoms in total. The summed E-state index contributed by atoms with van der Waals surface area (Å²) in [6.45, 7) is 2.55. The number of nitrogens with one attached hydrogen (secondary N) is 1. The minimum absolute atomic E-state index is 0.124. The summed E-state index contributed by atoms with van der Waals surface area (Å²) in [7, 11) is 1.91. The standard InChI is InChI=1S/C16H16BrN3OS/c1-11(20(2)10-13-7-8-15(17)22-13)16(21)19-14-6-4-3-5-12(14)9-18/h3-8,11H,10H2,1-2H3,(H,19,21)/t11-/m1/s1. The Labute approximate surface area is 142 Å². The third-order valence-corrected chi connectivity index (χ3v) is 4.99. The highest BCUT2D eigenvalue weighted by Crippen LogP contribution is 2.23. The van der Waals surface area contributed by atoms with Crippen molar-refractivity contribution in [2.75, 3.05) is 12.4 Å². The minimum Gasteiger partial charge on any atom is -0.324 e. The van der Waals surface area contributed by atoms with Gasteiger partial charge < -0.3 is 5.32 Å². The molecule has 0 unspecified atom stereocenters. The van der Waals surface area contributed by atoms with E-state index < -0.39 is 0 Å². The molecule has 0 radical (unpaired) electrons. The van der Waals surface area contributed by atoms with E-state index in [2.05, 4.69) is 27.3 Å². The average molecular weight is 378 g/mol. The summed E-state index contributed by atoms with van der Waals surface area (Å²) in [5.41, 5.74) is 1.02. The molecule has 22 heavy (non-hydrogen) atoms. The number of amides is 1. The predicted octanol–water partition coefficient (Wildman–Crippen LogP) is 3.84. The van der Waals surface area contributed by atoms with E-state index >= 15 is 0 Å². The zero-order valence-electron chi connectivity index (χ0n) is 12.3. The van der Waals surface area contributed by atoms with Crippen LogP contribution in [0.5, 0.6) is 0 Å². The Hall–Kier alpha value is -1.68. The van der Waals surface area contributed by atoms with Gasteiger partial charge in [0.1, 0.15) is 6.07 Å². The molecule has 2 rings (SSSR count). The van der Waals surface area contributed by atoms with Crippen molar-refractivity contribution in [1.29, 1.82) is 5.26 Å². The Morgan fingerprint density at radius 2 is 2.14 bits per heavy atom. The molecule has 1 aromatic heterocycles. The lowest BCUT2D eigenvalue weighted by Crippen LogP contribution is -2.39. The molecule has 1 N–H and O–H groups in total. The van der Waals surface area contributed by atoms with Crippen molar-refractivity contribution in [3.63, 3.8) is 0 Å². The van der Waals surface area contributed by atoms with E-state index in [1.165, 1.54) is 4.88 Å². The maximum absolute atomic E-state index is 12.3. The number of likely N-dealkylation sites (N-methyl/N-ethyl adjacent to an activating group) is 1. The first-order chi connectivity index (χ1) is 10.5. The summed E-state index contributed by atoms with van der Waals surface area (Å²) in [6.07, 6.45) is 0. The minimum atomic E-state index is -0.298. The highest BCUT2D eigenvalue weighted by atomic mass is 79.9. The Bertz CT molecular complexity index is 707. The number of benzene rings is 1. The maximum Gasteiger partial charge on any atom is 0.241 e. The van der Waals surface area contributed by atoms with Gasteiger partial charge in [0.05, 0.1) is 21.1 Å². The lowest BCUT2D eigenvalue weighted by molar-refractivity contribution is -0.120. The second-order valence-corrected chi connectivity index (χ2v) is 7.49. The summed E-state index contributed by atoms with van der Waals surface area (Å²) >= 11 is 5.09. The van der Waals surface area contributed by atoms with Gasteiger partial charge in [-0.05, 0) is 54.2 Å². The van der Waals surface area contributed by atoms with Gasteiger partial charge in [0.15, 0.2) is 0 Å². The molecule has 0 aliphatic heterocycles. The predicted molar refractivity (Wildman–Crippen MR) is 92.7 cm³/mol. The van der Waals surface area contributed by atoms with Crippen LogP contribution in [0.25, 0.3) is 0 Å². The number of nitrogens with zero attached hydrogens (tertiary/aromatic N) is 2. The van der Waals surface area contributed by atoms with Gasteiger partial charge in [-0.15, -0.1) is 11.3 Å². The molecule has 1 aromatic carbocycles. The molecule has 6 heteroatoms. The Morgan fingerprint density at radius 1 is 1.41 bits per heavy atom. The Balaban J connectivity index is 2.01. The van der Waals surface area contributed by atoms with Crippen LogP contribution in [0.15, 0.2) is 40.2 Å². The number of thiophene rings is 1. The van der Waals surface area contributed by atoms with E-state index in [9.17, 15) is 4.79 Å². The molecule has 0 aliphatic carbocycles. The molecule has 0 bridgehead atoms. The Kier molecular flexibility index (Phi) is 5.72. The zero-order chi connectivity index (χ0) is 16.1. The van der Waals surface area contributed by atoms with Gasteiger partial charge in [-0.3, -0.25) is 9.69 Å². The van der Waals surface area contributed by atoms with Crippen molar-refractivity contribution in [3.8, 4) is 6.07 Å². The van der Waals surface area contributed by atoms with Crippen molar-refractivity contribution in [2.45, 2.75) is 19.5 Å². The van der Waals surface area contributed by atoms with Crippen molar-refractivity contribution in [2.24, 2.45) is 0 Å². The quantitative estimate of drug-likeness (QED) is 0.860. The molecule has 0 fully saturated rings. The molecule has 0 aliphatic rings. The second kappa shape index (κ2) is 7.54. The fraction of sp³-hybridized carbons (Fsp3) is 0.250. The largest absolute Gasteiger partial charge is 0.324 e. The third-order valence-electron chi connectivity index (χ3n) is 3.38. The Morgan fingerprint density at radius 3 is 2.77 bits per heavy atom. The van der Waals surface area contributed by atoms with Crippen LogP contribution in [0.4, 0.5) is 5.69 Å². The van der Waals surface area contributed by atoms with Gasteiger partial charge in [-0.2, -0.15) is 5.26 Å². The maximum atomic E-state index is 12.3. The first-order valence-corrected chi connectivity index (χ1v) is 8.36. The van der Waals surface area contributed by atoms with Crippen molar-refractivity contribution < 1.29 is 4.79 Å². The van der Waals surface area contributed by atoms with Crippen molar-refractivity contribution in [3.05, 3.63) is 50.6 Å². The van der Waals surface area contributed by atoms with Gasteiger partial charge in [-0.1, -0.05) is 12.1 Å². The van der Waals surface area contributed by atoms with Gasteiger partial charge in [0, 0.05) is 11.4 Å². The average Bonchev–Trinajstić information content (AvgIpc) is 2.92. The van der Waals surface area contributed by atoms with E-state index in [0.717, 1.165) is 3.79 Å². The van der Waals surface area contributed by atoms with Gasteiger partial charge in [0.2, 0.25) is 5.91 Å². The highest BCUT2D eigenvalue weighted by Gasteiger charge is 2.19. The molecule has 114 valence electrons. The van der Waals surface area contributed by atoms with Crippen LogP contribution in [0.1, 0.15) is 17.4 Å². The first kappa shape index (κ1) is 16.7. The summed E-state index contributed by atoms with van der Waals surface area (Å²) in [5, 5.41) is 11.9. The summed E-state index contributed by atoms with van der Waals surface area (Å²) in [4.78, 5) is 15.5. The van der Waals surface area contributed by atoms with Crippen LogP contribution in [0.2, 0.25) is 0 Å². The lowest BCUT2D eigenvalue weighted by Gasteiger charge is -2.23. The number of nitriles is 1. The summed E-state index contributed by atoms with van der Waals surface area (Å²) in [6, 6.07) is 12.8. The van der Waals surface area contributed by atoms with E-state index in [0.29, 0.717) is 17.8 Å². The normalized spacial score (nSPS) is 12.0. The van der Waals surface area contributed by atoms with E-state index in [4.69, 9.17) is 5.26 Å². The zero-order valence-corrected chi connectivity index (χ0v) is 14.7. The summed E-state index contributed by atoms with van der Waals surface area (Å²) in [5.74, 6) is -0.124. The topological polar surface area (TPSA) is 56.1 Å². The molecule has 2 aromatic rings. The number of hydrogen-bond acceptors (Lipinski definition) is 4. The van der Waals surface area contributed by atoms with Crippen molar-refractivity contribution >= 4 is 38.9 Å². The fourth-order valence-corrected chi connectivity index (χ4v) is 3.49. The van der Waals surface area contributed by atoms with Gasteiger partial charge in [-0.25, -0.2) is 0 Å². The number of carbonyl (C=O) groups excluding carboxylic acids is 1. The van der Waals surface area contributed by atoms with Crippen molar-refractivity contribution in [1.82, 2.24) is 4.90 Å². The van der Waals surface area contributed by atoms with E-state index in [-0.39, 0.29) is 11.9 Å². The lowest BCUT2D eigenvalue weighted by atomic mass is 10.2. The molecular formula is C16H16BrN3OS. The van der Waals surface area contributed by atoms with Gasteiger partial charge in [0.25, 0.3) is 0 Å². The molecule has 0 saturated heterocycles. The molecule has 0 saturated carbocycles.